The van der Waals surface area contributed by atoms with Crippen molar-refractivity contribution < 1.29 is 19.2 Å². The summed E-state index contributed by atoms with van der Waals surface area (Å²) in [6.07, 6.45) is 3.76. The van der Waals surface area contributed by atoms with Gasteiger partial charge in [0.2, 0.25) is 11.8 Å². The third kappa shape index (κ3) is 5.85. The van der Waals surface area contributed by atoms with Crippen molar-refractivity contribution >= 4 is 23.6 Å². The van der Waals surface area contributed by atoms with Crippen molar-refractivity contribution in [3.05, 3.63) is 107 Å². The van der Waals surface area contributed by atoms with E-state index in [1.54, 1.807) is 29.2 Å². The average Bonchev–Trinajstić information content (AvgIpc) is 3.86. The number of hydrogen-bond acceptors (Lipinski definition) is 4. The van der Waals surface area contributed by atoms with Crippen molar-refractivity contribution in [1.82, 2.24) is 20.4 Å². The first-order valence-corrected chi connectivity index (χ1v) is 15.9. The van der Waals surface area contributed by atoms with Crippen LogP contribution >= 0.6 is 0 Å². The normalized spacial score (nSPS) is 27.1. The maximum atomic E-state index is 13.7. The number of hydrogen-bond donors (Lipinski definition) is 2. The minimum Gasteiger partial charge on any atom is -0.352 e. The molecular formula is C36H38N4O4. The fourth-order valence-corrected chi connectivity index (χ4v) is 6.97. The highest BCUT2D eigenvalue weighted by molar-refractivity contribution is 5.99. The molecule has 3 aromatic rings. The number of nitrogens with one attached hydrogen (secondary N) is 2. The number of rotatable bonds is 8. The maximum Gasteiger partial charge on any atom is 0.253 e. The number of nitrogens with zero attached hydrogens (tertiary/aromatic N) is 2. The molecule has 0 spiro atoms. The standard InChI is InChI=1S/C36H38N4O4/c41-33(37-31-19-27(31)23-9-3-1-4-10-23)29-21-40(22-30(29)34(42)38-32-20-28(32)24-11-5-2-6-12-24)36(44)26-15-13-25(14-16-26)35(43)39-17-7-8-18-39/h1-6,9-16,27-32H,7-8,17-22H2,(H,37,41)(H,38,42)/t27-,28-,29-,30-,31+,32+/m1/s1. The lowest BCUT2D eigenvalue weighted by molar-refractivity contribution is -0.133. The van der Waals surface area contributed by atoms with Crippen LogP contribution in [0, 0.1) is 11.8 Å². The Morgan fingerprint density at radius 2 is 0.955 bits per heavy atom. The number of benzene rings is 3. The smallest absolute Gasteiger partial charge is 0.253 e. The largest absolute Gasteiger partial charge is 0.352 e. The van der Waals surface area contributed by atoms with E-state index in [1.165, 1.54) is 11.1 Å². The van der Waals surface area contributed by atoms with Crippen LogP contribution in [0.3, 0.4) is 0 Å². The van der Waals surface area contributed by atoms with E-state index in [0.717, 1.165) is 38.8 Å². The molecule has 226 valence electrons. The third-order valence-electron chi connectivity index (χ3n) is 9.74. The van der Waals surface area contributed by atoms with Gasteiger partial charge in [-0.1, -0.05) is 60.7 Å². The number of likely N-dealkylation sites (tertiary alicyclic amines) is 2. The number of carbonyl (C=O) groups is 4. The molecule has 4 amide bonds. The zero-order chi connectivity index (χ0) is 30.2. The van der Waals surface area contributed by atoms with E-state index in [1.807, 2.05) is 41.3 Å². The molecule has 8 heteroatoms. The van der Waals surface area contributed by atoms with Gasteiger partial charge in [0.25, 0.3) is 11.8 Å². The molecule has 2 aliphatic carbocycles. The molecule has 8 nitrogen and oxygen atoms in total. The number of carbonyl (C=O) groups excluding carboxylic acids is 4. The third-order valence-corrected chi connectivity index (χ3v) is 9.74. The van der Waals surface area contributed by atoms with Crippen LogP contribution in [0.25, 0.3) is 0 Å². The lowest BCUT2D eigenvalue weighted by Gasteiger charge is -2.18. The van der Waals surface area contributed by atoms with Crippen LogP contribution in [0.5, 0.6) is 0 Å². The van der Waals surface area contributed by atoms with Crippen LogP contribution < -0.4 is 10.6 Å². The van der Waals surface area contributed by atoms with Crippen molar-refractivity contribution in [2.75, 3.05) is 26.2 Å². The molecule has 7 rings (SSSR count). The lowest BCUT2D eigenvalue weighted by Crippen LogP contribution is -2.43. The summed E-state index contributed by atoms with van der Waals surface area (Å²) in [4.78, 5) is 57.2. The summed E-state index contributed by atoms with van der Waals surface area (Å²) in [6.45, 7) is 1.87. The van der Waals surface area contributed by atoms with E-state index in [4.69, 9.17) is 0 Å². The first kappa shape index (κ1) is 28.3. The zero-order valence-corrected chi connectivity index (χ0v) is 24.7. The maximum absolute atomic E-state index is 13.7. The van der Waals surface area contributed by atoms with Gasteiger partial charge in [0.15, 0.2) is 0 Å². The minimum absolute atomic E-state index is 0.0149. The van der Waals surface area contributed by atoms with E-state index in [0.29, 0.717) is 11.1 Å². The molecule has 0 radical (unpaired) electrons. The van der Waals surface area contributed by atoms with E-state index in [2.05, 4.69) is 34.9 Å². The second-order valence-electron chi connectivity index (χ2n) is 12.7. The van der Waals surface area contributed by atoms with Crippen molar-refractivity contribution in [2.45, 2.75) is 49.6 Å². The van der Waals surface area contributed by atoms with Gasteiger partial charge in [-0.05, 0) is 61.1 Å². The molecular weight excluding hydrogens is 552 g/mol. The molecule has 2 N–H and O–H groups in total. The first-order valence-electron chi connectivity index (χ1n) is 15.9. The van der Waals surface area contributed by atoms with Gasteiger partial charge in [-0.2, -0.15) is 0 Å². The predicted molar refractivity (Wildman–Crippen MR) is 166 cm³/mol. The Hall–Kier alpha value is -4.46. The monoisotopic (exact) mass is 590 g/mol. The molecule has 0 aromatic heterocycles. The second kappa shape index (κ2) is 11.9. The molecule has 2 saturated heterocycles. The molecule has 4 fully saturated rings. The Morgan fingerprint density at radius 1 is 0.545 bits per heavy atom. The van der Waals surface area contributed by atoms with Gasteiger partial charge in [0.05, 0.1) is 11.8 Å². The van der Waals surface area contributed by atoms with Crippen LogP contribution in [0.1, 0.15) is 69.4 Å². The van der Waals surface area contributed by atoms with Gasteiger partial charge in [0.1, 0.15) is 0 Å². The summed E-state index contributed by atoms with van der Waals surface area (Å²) >= 11 is 0. The van der Waals surface area contributed by atoms with Crippen LogP contribution in [0.15, 0.2) is 84.9 Å². The molecule has 6 atom stereocenters. The van der Waals surface area contributed by atoms with E-state index < -0.39 is 11.8 Å². The van der Waals surface area contributed by atoms with Gasteiger partial charge in [-0.25, -0.2) is 0 Å². The summed E-state index contributed by atoms with van der Waals surface area (Å²) < 4.78 is 0. The van der Waals surface area contributed by atoms with Crippen LogP contribution in [0.4, 0.5) is 0 Å². The molecule has 0 bridgehead atoms. The van der Waals surface area contributed by atoms with Crippen molar-refractivity contribution in [2.24, 2.45) is 11.8 Å². The Kier molecular flexibility index (Phi) is 7.66. The topological polar surface area (TPSA) is 98.8 Å². The Labute approximate surface area is 257 Å². The highest BCUT2D eigenvalue weighted by Crippen LogP contribution is 2.42. The van der Waals surface area contributed by atoms with Crippen molar-refractivity contribution in [1.29, 1.82) is 0 Å². The first-order chi connectivity index (χ1) is 21.5. The summed E-state index contributed by atoms with van der Waals surface area (Å²) in [6, 6.07) is 27.1. The highest BCUT2D eigenvalue weighted by atomic mass is 16.2. The Bertz CT molecular complexity index is 1460. The number of amides is 4. The quantitative estimate of drug-likeness (QED) is 0.415. The zero-order valence-electron chi connectivity index (χ0n) is 24.7. The lowest BCUT2D eigenvalue weighted by atomic mass is 9.94. The van der Waals surface area contributed by atoms with Gasteiger partial charge in [-0.15, -0.1) is 0 Å². The summed E-state index contributed by atoms with van der Waals surface area (Å²) in [5.74, 6) is -1.34. The fraction of sp³-hybridized carbons (Fsp3) is 0.389. The highest BCUT2D eigenvalue weighted by Gasteiger charge is 2.48. The average molecular weight is 591 g/mol. The van der Waals surface area contributed by atoms with Crippen LogP contribution in [0.2, 0.25) is 0 Å². The second-order valence-corrected chi connectivity index (χ2v) is 12.7. The molecule has 2 saturated carbocycles. The Balaban J connectivity index is 1.04. The molecule has 2 heterocycles. The minimum atomic E-state index is -0.638. The fourth-order valence-electron chi connectivity index (χ4n) is 6.97. The molecule has 3 aromatic carbocycles. The van der Waals surface area contributed by atoms with Crippen LogP contribution in [-0.2, 0) is 9.59 Å². The van der Waals surface area contributed by atoms with Crippen molar-refractivity contribution in [3.63, 3.8) is 0 Å². The van der Waals surface area contributed by atoms with E-state index in [-0.39, 0.29) is 60.6 Å². The van der Waals surface area contributed by atoms with Crippen molar-refractivity contribution in [3.8, 4) is 0 Å². The molecule has 2 aliphatic heterocycles. The predicted octanol–water partition coefficient (Wildman–Crippen LogP) is 3.96. The summed E-state index contributed by atoms with van der Waals surface area (Å²) in [5, 5.41) is 6.36. The van der Waals surface area contributed by atoms with E-state index >= 15 is 0 Å². The van der Waals surface area contributed by atoms with Gasteiger partial charge in [0, 0.05) is 61.2 Å². The molecule has 0 unspecified atom stereocenters. The summed E-state index contributed by atoms with van der Waals surface area (Å²) in [5.41, 5.74) is 3.40. The molecule has 44 heavy (non-hydrogen) atoms. The van der Waals surface area contributed by atoms with E-state index in [9.17, 15) is 19.2 Å². The van der Waals surface area contributed by atoms with Gasteiger partial charge in [-0.3, -0.25) is 19.2 Å². The molecule has 4 aliphatic rings. The SMILES string of the molecule is O=C(N[C@H]1C[C@@H]1c1ccccc1)[C@@H]1CN(C(=O)c2ccc(C(=O)N3CCCC3)cc2)C[C@H]1C(=O)N[C@H]1C[C@@H]1c1ccccc1. The Morgan fingerprint density at radius 3 is 1.39 bits per heavy atom. The van der Waals surface area contributed by atoms with Crippen LogP contribution in [-0.4, -0.2) is 71.7 Å². The van der Waals surface area contributed by atoms with Gasteiger partial charge < -0.3 is 20.4 Å². The summed E-state index contributed by atoms with van der Waals surface area (Å²) in [7, 11) is 0. The van der Waals surface area contributed by atoms with Gasteiger partial charge >= 0.3 is 0 Å².